The lowest BCUT2D eigenvalue weighted by atomic mass is 10.1. The fraction of sp³-hybridized carbons (Fsp3) is 0.273. The number of esters is 1. The topological polar surface area (TPSA) is 100 Å². The average Bonchev–Trinajstić information content (AvgIpc) is 3.10. The van der Waals surface area contributed by atoms with Crippen LogP contribution in [0.3, 0.4) is 0 Å². The Morgan fingerprint density at radius 3 is 2.58 bits per heavy atom. The molecule has 1 atom stereocenters. The van der Waals surface area contributed by atoms with Crippen LogP contribution >= 0.6 is 11.6 Å². The SMILES string of the molecule is CCOc1cc(/C=C2\N=C(c3ccc([N+](=O)[O-])cc3)OC2=O)cc(Cl)c1OC(C)CC. The molecule has 2 aromatic carbocycles. The van der Waals surface area contributed by atoms with Crippen LogP contribution in [0.4, 0.5) is 5.69 Å². The molecule has 0 saturated carbocycles. The van der Waals surface area contributed by atoms with Crippen LogP contribution in [0.15, 0.2) is 47.1 Å². The van der Waals surface area contributed by atoms with Crippen molar-refractivity contribution in [1.29, 1.82) is 0 Å². The van der Waals surface area contributed by atoms with Crippen molar-refractivity contribution < 1.29 is 23.9 Å². The number of carbonyl (C=O) groups excluding carboxylic acids is 1. The summed E-state index contributed by atoms with van der Waals surface area (Å²) in [5.41, 5.74) is 1.04. The highest BCUT2D eigenvalue weighted by molar-refractivity contribution is 6.32. The third kappa shape index (κ3) is 5.21. The number of hydrogen-bond acceptors (Lipinski definition) is 7. The van der Waals surface area contributed by atoms with Crippen LogP contribution in [0, 0.1) is 10.1 Å². The van der Waals surface area contributed by atoms with Crippen molar-refractivity contribution in [2.24, 2.45) is 4.99 Å². The third-order valence-corrected chi connectivity index (χ3v) is 4.76. The summed E-state index contributed by atoms with van der Waals surface area (Å²) in [5.74, 6) is 0.346. The molecule has 3 rings (SSSR count). The minimum absolute atomic E-state index is 0.0421. The number of cyclic esters (lactones) is 1. The van der Waals surface area contributed by atoms with Gasteiger partial charge in [-0.3, -0.25) is 10.1 Å². The predicted octanol–water partition coefficient (Wildman–Crippen LogP) is 5.17. The van der Waals surface area contributed by atoms with E-state index in [9.17, 15) is 14.9 Å². The van der Waals surface area contributed by atoms with Gasteiger partial charge in [-0.2, -0.15) is 0 Å². The summed E-state index contributed by atoms with van der Waals surface area (Å²) in [7, 11) is 0. The van der Waals surface area contributed by atoms with Crippen LogP contribution in [0.1, 0.15) is 38.3 Å². The second-order valence-corrected chi connectivity index (χ2v) is 7.15. The molecule has 0 amide bonds. The van der Waals surface area contributed by atoms with Crippen LogP contribution in [-0.2, 0) is 9.53 Å². The van der Waals surface area contributed by atoms with Gasteiger partial charge in [0.15, 0.2) is 17.2 Å². The third-order valence-electron chi connectivity index (χ3n) is 4.47. The fourth-order valence-corrected chi connectivity index (χ4v) is 3.01. The van der Waals surface area contributed by atoms with Crippen molar-refractivity contribution in [1.82, 2.24) is 0 Å². The molecule has 0 N–H and O–H groups in total. The van der Waals surface area contributed by atoms with E-state index in [1.807, 2.05) is 20.8 Å². The molecule has 162 valence electrons. The molecule has 0 fully saturated rings. The molecule has 0 bridgehead atoms. The zero-order valence-corrected chi connectivity index (χ0v) is 18.0. The molecule has 0 aliphatic carbocycles. The first kappa shape index (κ1) is 22.3. The quantitative estimate of drug-likeness (QED) is 0.241. The predicted molar refractivity (Wildman–Crippen MR) is 117 cm³/mol. The Kier molecular flexibility index (Phi) is 6.91. The largest absolute Gasteiger partial charge is 0.490 e. The van der Waals surface area contributed by atoms with E-state index in [-0.39, 0.29) is 23.4 Å². The van der Waals surface area contributed by atoms with E-state index in [4.69, 9.17) is 25.8 Å². The number of nitrogens with zero attached hydrogens (tertiary/aromatic N) is 2. The van der Waals surface area contributed by atoms with Crippen LogP contribution < -0.4 is 9.47 Å². The van der Waals surface area contributed by atoms with Gasteiger partial charge < -0.3 is 14.2 Å². The zero-order chi connectivity index (χ0) is 22.5. The minimum atomic E-state index is -0.637. The van der Waals surface area contributed by atoms with Gasteiger partial charge in [-0.1, -0.05) is 18.5 Å². The van der Waals surface area contributed by atoms with E-state index in [1.54, 1.807) is 12.1 Å². The lowest BCUT2D eigenvalue weighted by Gasteiger charge is -2.18. The molecule has 1 aliphatic rings. The number of aliphatic imine (C=N–C) groups is 1. The number of carbonyl (C=O) groups is 1. The molecular weight excluding hydrogens is 424 g/mol. The van der Waals surface area contributed by atoms with Gasteiger partial charge in [-0.25, -0.2) is 9.79 Å². The summed E-state index contributed by atoms with van der Waals surface area (Å²) >= 11 is 6.42. The highest BCUT2D eigenvalue weighted by Crippen LogP contribution is 2.38. The molecule has 0 spiro atoms. The first-order chi connectivity index (χ1) is 14.8. The van der Waals surface area contributed by atoms with Crippen molar-refractivity contribution in [2.75, 3.05) is 6.61 Å². The maximum Gasteiger partial charge on any atom is 0.363 e. The Hall–Kier alpha value is -3.39. The Labute approximate surface area is 184 Å². The lowest BCUT2D eigenvalue weighted by molar-refractivity contribution is -0.384. The average molecular weight is 445 g/mol. The highest BCUT2D eigenvalue weighted by Gasteiger charge is 2.25. The molecule has 0 radical (unpaired) electrons. The standard InChI is InChI=1S/C22H21ClN2O6/c1-4-13(3)30-20-17(23)10-14(12-19(20)29-5-2)11-18-22(26)31-21(24-18)15-6-8-16(9-7-15)25(27)28/h6-13H,4-5H2,1-3H3/b18-11-. The number of benzene rings is 2. The molecular formula is C22H21ClN2O6. The Bertz CT molecular complexity index is 1060. The number of halogens is 1. The lowest BCUT2D eigenvalue weighted by Crippen LogP contribution is -2.11. The van der Waals surface area contributed by atoms with E-state index >= 15 is 0 Å². The second kappa shape index (κ2) is 9.61. The molecule has 1 heterocycles. The zero-order valence-electron chi connectivity index (χ0n) is 17.3. The fourth-order valence-electron chi connectivity index (χ4n) is 2.75. The second-order valence-electron chi connectivity index (χ2n) is 6.74. The monoisotopic (exact) mass is 444 g/mol. The normalized spacial score (nSPS) is 15.4. The van der Waals surface area contributed by atoms with Crippen LogP contribution in [0.25, 0.3) is 6.08 Å². The summed E-state index contributed by atoms with van der Waals surface area (Å²) in [6.45, 7) is 6.20. The molecule has 1 unspecified atom stereocenters. The van der Waals surface area contributed by atoms with E-state index in [2.05, 4.69) is 4.99 Å². The molecule has 1 aliphatic heterocycles. The van der Waals surface area contributed by atoms with E-state index in [0.717, 1.165) is 6.42 Å². The van der Waals surface area contributed by atoms with E-state index < -0.39 is 10.9 Å². The number of hydrogen-bond donors (Lipinski definition) is 0. The summed E-state index contributed by atoms with van der Waals surface area (Å²) in [6.07, 6.45) is 2.29. The number of non-ortho nitro benzene ring substituents is 1. The summed E-state index contributed by atoms with van der Waals surface area (Å²) in [6, 6.07) is 8.94. The number of ether oxygens (including phenoxy) is 3. The van der Waals surface area contributed by atoms with Gasteiger partial charge >= 0.3 is 5.97 Å². The summed E-state index contributed by atoms with van der Waals surface area (Å²) < 4.78 is 16.8. The van der Waals surface area contributed by atoms with Gasteiger partial charge in [0.1, 0.15) is 0 Å². The number of rotatable bonds is 8. The van der Waals surface area contributed by atoms with Crippen molar-refractivity contribution in [3.05, 3.63) is 68.4 Å². The van der Waals surface area contributed by atoms with Crippen molar-refractivity contribution >= 4 is 35.2 Å². The molecule has 31 heavy (non-hydrogen) atoms. The Morgan fingerprint density at radius 1 is 1.26 bits per heavy atom. The summed E-state index contributed by atoms with van der Waals surface area (Å²) in [5, 5.41) is 11.1. The Morgan fingerprint density at radius 2 is 1.97 bits per heavy atom. The van der Waals surface area contributed by atoms with Crippen LogP contribution in [-0.4, -0.2) is 29.5 Å². The maximum absolute atomic E-state index is 12.3. The Balaban J connectivity index is 1.92. The van der Waals surface area contributed by atoms with Gasteiger partial charge in [0.05, 0.1) is 22.7 Å². The number of nitro groups is 1. The molecule has 9 heteroatoms. The van der Waals surface area contributed by atoms with E-state index in [1.165, 1.54) is 30.3 Å². The van der Waals surface area contributed by atoms with Gasteiger partial charge in [0.25, 0.3) is 5.69 Å². The maximum atomic E-state index is 12.3. The van der Waals surface area contributed by atoms with E-state index in [0.29, 0.717) is 34.3 Å². The molecule has 0 saturated heterocycles. The number of nitro benzene ring substituents is 1. The van der Waals surface area contributed by atoms with Gasteiger partial charge in [0.2, 0.25) is 5.90 Å². The van der Waals surface area contributed by atoms with Gasteiger partial charge in [-0.15, -0.1) is 0 Å². The van der Waals surface area contributed by atoms with Crippen molar-refractivity contribution in [3.8, 4) is 11.5 Å². The first-order valence-electron chi connectivity index (χ1n) is 9.72. The molecule has 0 aromatic heterocycles. The van der Waals surface area contributed by atoms with Crippen molar-refractivity contribution in [3.63, 3.8) is 0 Å². The van der Waals surface area contributed by atoms with Crippen LogP contribution in [0.5, 0.6) is 11.5 Å². The van der Waals surface area contributed by atoms with Crippen LogP contribution in [0.2, 0.25) is 5.02 Å². The highest BCUT2D eigenvalue weighted by atomic mass is 35.5. The van der Waals surface area contributed by atoms with Gasteiger partial charge in [-0.05, 0) is 56.2 Å². The molecule has 2 aromatic rings. The first-order valence-corrected chi connectivity index (χ1v) is 10.1. The smallest absolute Gasteiger partial charge is 0.363 e. The minimum Gasteiger partial charge on any atom is -0.490 e. The van der Waals surface area contributed by atoms with Gasteiger partial charge in [0, 0.05) is 17.7 Å². The molecule has 8 nitrogen and oxygen atoms in total. The summed E-state index contributed by atoms with van der Waals surface area (Å²) in [4.78, 5) is 26.8. The van der Waals surface area contributed by atoms with Crippen molar-refractivity contribution in [2.45, 2.75) is 33.3 Å².